The maximum atomic E-state index is 11.6. The van der Waals surface area contributed by atoms with E-state index in [2.05, 4.69) is 19.2 Å². The lowest BCUT2D eigenvalue weighted by molar-refractivity contribution is -0.124. The van der Waals surface area contributed by atoms with Crippen molar-refractivity contribution in [2.45, 2.75) is 26.7 Å². The van der Waals surface area contributed by atoms with E-state index in [0.29, 0.717) is 18.8 Å². The molecule has 4 nitrogen and oxygen atoms in total. The van der Waals surface area contributed by atoms with Crippen LogP contribution < -0.4 is 5.32 Å². The number of carbonyl (C=O) groups excluding carboxylic acids is 2. The van der Waals surface area contributed by atoms with Gasteiger partial charge in [0.15, 0.2) is 0 Å². The maximum Gasteiger partial charge on any atom is 0.324 e. The third-order valence-electron chi connectivity index (χ3n) is 2.45. The molecule has 1 aliphatic rings. The van der Waals surface area contributed by atoms with Crippen molar-refractivity contribution in [3.05, 3.63) is 0 Å². The van der Waals surface area contributed by atoms with Crippen LogP contribution in [0.1, 0.15) is 26.7 Å². The Labute approximate surface area is 101 Å². The normalized spacial score (nSPS) is 15.7. The van der Waals surface area contributed by atoms with Crippen molar-refractivity contribution in [2.75, 3.05) is 24.6 Å². The number of thioether (sulfide) groups is 1. The van der Waals surface area contributed by atoms with Gasteiger partial charge in [-0.25, -0.2) is 4.79 Å². The summed E-state index contributed by atoms with van der Waals surface area (Å²) < 4.78 is 0. The summed E-state index contributed by atoms with van der Waals surface area (Å²) >= 11 is 1.62. The second-order valence-electron chi connectivity index (χ2n) is 4.37. The molecule has 5 heteroatoms. The molecule has 1 N–H and O–H groups in total. The van der Waals surface area contributed by atoms with Crippen molar-refractivity contribution in [3.8, 4) is 0 Å². The van der Waals surface area contributed by atoms with Gasteiger partial charge in [-0.3, -0.25) is 9.69 Å². The molecule has 0 spiro atoms. The summed E-state index contributed by atoms with van der Waals surface area (Å²) in [4.78, 5) is 24.1. The number of nitrogens with one attached hydrogen (secondary N) is 1. The fraction of sp³-hybridized carbons (Fsp3) is 0.818. The summed E-state index contributed by atoms with van der Waals surface area (Å²) in [6.07, 6.45) is 2.34. The minimum atomic E-state index is -0.243. The van der Waals surface area contributed by atoms with E-state index in [1.807, 2.05) is 0 Å². The lowest BCUT2D eigenvalue weighted by atomic mass is 10.1. The number of hydrogen-bond acceptors (Lipinski definition) is 3. The Balaban J connectivity index is 2.08. The molecule has 92 valence electrons. The summed E-state index contributed by atoms with van der Waals surface area (Å²) in [5, 5.41) is 2.62. The molecule has 0 radical (unpaired) electrons. The molecule has 0 aromatic heterocycles. The van der Waals surface area contributed by atoms with E-state index in [0.717, 1.165) is 18.1 Å². The minimum Gasteiger partial charge on any atom is -0.336 e. The van der Waals surface area contributed by atoms with Gasteiger partial charge in [-0.15, -0.1) is 0 Å². The highest BCUT2D eigenvalue weighted by molar-refractivity contribution is 7.99. The Morgan fingerprint density at radius 3 is 2.88 bits per heavy atom. The van der Waals surface area contributed by atoms with Crippen LogP contribution in [0.2, 0.25) is 0 Å². The zero-order valence-electron chi connectivity index (χ0n) is 9.99. The van der Waals surface area contributed by atoms with Gasteiger partial charge in [0, 0.05) is 13.1 Å². The molecule has 3 amide bonds. The standard InChI is InChI=1S/C11H20N2O2S/c1-9(2)4-3-7-16-8-10(14)13-6-5-12-11(13)15/h9H,3-8H2,1-2H3,(H,12,15). The van der Waals surface area contributed by atoms with E-state index >= 15 is 0 Å². The van der Waals surface area contributed by atoms with Crippen LogP contribution in [0.15, 0.2) is 0 Å². The Kier molecular flexibility index (Phi) is 5.66. The third kappa shape index (κ3) is 4.43. The molecule has 0 aromatic carbocycles. The summed E-state index contributed by atoms with van der Waals surface area (Å²) in [5.74, 6) is 2.08. The van der Waals surface area contributed by atoms with Crippen molar-refractivity contribution < 1.29 is 9.59 Å². The van der Waals surface area contributed by atoms with Gasteiger partial charge in [0.1, 0.15) is 0 Å². The van der Waals surface area contributed by atoms with Gasteiger partial charge < -0.3 is 5.32 Å². The highest BCUT2D eigenvalue weighted by Crippen LogP contribution is 2.11. The Bertz CT molecular complexity index is 256. The number of carbonyl (C=O) groups is 2. The van der Waals surface area contributed by atoms with E-state index in [1.54, 1.807) is 11.8 Å². The van der Waals surface area contributed by atoms with Crippen molar-refractivity contribution in [3.63, 3.8) is 0 Å². The predicted molar refractivity (Wildman–Crippen MR) is 66.5 cm³/mol. The van der Waals surface area contributed by atoms with E-state index in [4.69, 9.17) is 0 Å². The molecule has 1 aliphatic heterocycles. The smallest absolute Gasteiger partial charge is 0.324 e. The molecule has 1 rings (SSSR count). The molecule has 0 atom stereocenters. The van der Waals surface area contributed by atoms with Crippen LogP contribution in [-0.4, -0.2) is 41.4 Å². The van der Waals surface area contributed by atoms with Crippen LogP contribution in [0.3, 0.4) is 0 Å². The molecule has 0 bridgehead atoms. The number of imide groups is 1. The number of urea groups is 1. The zero-order chi connectivity index (χ0) is 12.0. The average Bonchev–Trinajstić information content (AvgIpc) is 2.63. The first kappa shape index (κ1) is 13.4. The lowest BCUT2D eigenvalue weighted by Gasteiger charge is -2.11. The van der Waals surface area contributed by atoms with Crippen LogP contribution in [0.5, 0.6) is 0 Å². The summed E-state index contributed by atoms with van der Waals surface area (Å²) in [5.41, 5.74) is 0. The van der Waals surface area contributed by atoms with Crippen LogP contribution in [0.4, 0.5) is 4.79 Å². The monoisotopic (exact) mass is 244 g/mol. The Morgan fingerprint density at radius 2 is 2.31 bits per heavy atom. The summed E-state index contributed by atoms with van der Waals surface area (Å²) in [6, 6.07) is -0.243. The minimum absolute atomic E-state index is 0.0652. The van der Waals surface area contributed by atoms with Gasteiger partial charge in [0.2, 0.25) is 5.91 Å². The molecule has 0 saturated carbocycles. The first-order valence-electron chi connectivity index (χ1n) is 5.77. The molecule has 1 saturated heterocycles. The Morgan fingerprint density at radius 1 is 1.56 bits per heavy atom. The zero-order valence-corrected chi connectivity index (χ0v) is 10.8. The maximum absolute atomic E-state index is 11.6. The summed E-state index contributed by atoms with van der Waals surface area (Å²) in [6.45, 7) is 5.50. The topological polar surface area (TPSA) is 49.4 Å². The second-order valence-corrected chi connectivity index (χ2v) is 5.47. The van der Waals surface area contributed by atoms with Gasteiger partial charge >= 0.3 is 6.03 Å². The lowest BCUT2D eigenvalue weighted by Crippen LogP contribution is -2.35. The number of amides is 3. The second kappa shape index (κ2) is 6.78. The van der Waals surface area contributed by atoms with Crippen LogP contribution in [0, 0.1) is 5.92 Å². The largest absolute Gasteiger partial charge is 0.336 e. The van der Waals surface area contributed by atoms with Gasteiger partial charge in [-0.2, -0.15) is 11.8 Å². The van der Waals surface area contributed by atoms with Gasteiger partial charge in [0.05, 0.1) is 5.75 Å². The third-order valence-corrected chi connectivity index (χ3v) is 3.48. The Hall–Kier alpha value is -0.710. The molecule has 0 unspecified atom stereocenters. The van der Waals surface area contributed by atoms with Gasteiger partial charge in [-0.05, 0) is 18.1 Å². The number of rotatable bonds is 6. The van der Waals surface area contributed by atoms with Crippen molar-refractivity contribution in [1.82, 2.24) is 10.2 Å². The van der Waals surface area contributed by atoms with E-state index < -0.39 is 0 Å². The van der Waals surface area contributed by atoms with Gasteiger partial charge in [0.25, 0.3) is 0 Å². The molecular formula is C11H20N2O2S. The van der Waals surface area contributed by atoms with E-state index in [1.165, 1.54) is 11.3 Å². The molecule has 0 aromatic rings. The first-order valence-corrected chi connectivity index (χ1v) is 6.92. The quantitative estimate of drug-likeness (QED) is 0.724. The van der Waals surface area contributed by atoms with E-state index in [-0.39, 0.29) is 11.9 Å². The molecule has 1 heterocycles. The van der Waals surface area contributed by atoms with Crippen LogP contribution in [0.25, 0.3) is 0 Å². The van der Waals surface area contributed by atoms with Crippen molar-refractivity contribution >= 4 is 23.7 Å². The van der Waals surface area contributed by atoms with E-state index in [9.17, 15) is 9.59 Å². The molecular weight excluding hydrogens is 224 g/mol. The van der Waals surface area contributed by atoms with Crippen LogP contribution in [-0.2, 0) is 4.79 Å². The fourth-order valence-corrected chi connectivity index (χ4v) is 2.39. The molecule has 0 aliphatic carbocycles. The number of hydrogen-bond donors (Lipinski definition) is 1. The highest BCUT2D eigenvalue weighted by Gasteiger charge is 2.25. The average molecular weight is 244 g/mol. The molecule has 1 fully saturated rings. The van der Waals surface area contributed by atoms with Crippen molar-refractivity contribution in [1.29, 1.82) is 0 Å². The first-order chi connectivity index (χ1) is 7.61. The fourth-order valence-electron chi connectivity index (χ4n) is 1.54. The summed E-state index contributed by atoms with van der Waals surface area (Å²) in [7, 11) is 0. The predicted octanol–water partition coefficient (Wildman–Crippen LogP) is 1.71. The number of nitrogens with zero attached hydrogens (tertiary/aromatic N) is 1. The molecule has 16 heavy (non-hydrogen) atoms. The highest BCUT2D eigenvalue weighted by atomic mass is 32.2. The van der Waals surface area contributed by atoms with Crippen LogP contribution >= 0.6 is 11.8 Å². The van der Waals surface area contributed by atoms with Crippen molar-refractivity contribution in [2.24, 2.45) is 5.92 Å². The van der Waals surface area contributed by atoms with Gasteiger partial charge in [-0.1, -0.05) is 20.3 Å². The SMILES string of the molecule is CC(C)CCCSCC(=O)N1CCNC1=O.